The van der Waals surface area contributed by atoms with Crippen LogP contribution in [0.3, 0.4) is 0 Å². The first-order chi connectivity index (χ1) is 9.86. The van der Waals surface area contributed by atoms with E-state index in [1.165, 1.54) is 30.5 Å². The van der Waals surface area contributed by atoms with Crippen molar-refractivity contribution in [1.82, 2.24) is 4.57 Å². The van der Waals surface area contributed by atoms with Crippen molar-refractivity contribution < 1.29 is 9.18 Å². The number of nitrogen functional groups attached to an aromatic ring is 1. The Bertz CT molecular complexity index is 738. The van der Waals surface area contributed by atoms with Crippen LogP contribution in [0.5, 0.6) is 0 Å². The predicted molar refractivity (Wildman–Crippen MR) is 80.2 cm³/mol. The fourth-order valence-corrected chi connectivity index (χ4v) is 2.14. The number of amides is 1. The third-order valence-electron chi connectivity index (χ3n) is 2.59. The van der Waals surface area contributed by atoms with Gasteiger partial charge in [0.25, 0.3) is 5.56 Å². The molecule has 0 aliphatic carbocycles. The van der Waals surface area contributed by atoms with E-state index in [0.717, 1.165) is 4.57 Å². The minimum atomic E-state index is -0.761. The summed E-state index contributed by atoms with van der Waals surface area (Å²) in [6, 6.07) is 5.15. The molecule has 1 aromatic carbocycles. The minimum absolute atomic E-state index is 0.209. The van der Waals surface area contributed by atoms with Gasteiger partial charge < -0.3 is 15.6 Å². The van der Waals surface area contributed by atoms with E-state index in [9.17, 15) is 14.0 Å². The number of nitrogens with zero attached hydrogens (tertiary/aromatic N) is 1. The maximum Gasteiger partial charge on any atom is 0.251 e. The monoisotopic (exact) mass is 329 g/mol. The Hall–Kier alpha value is -2.05. The first-order valence-corrected chi connectivity index (χ1v) is 6.53. The molecule has 0 saturated heterocycles. The summed E-state index contributed by atoms with van der Waals surface area (Å²) in [5.41, 5.74) is 5.76. The van der Waals surface area contributed by atoms with Gasteiger partial charge >= 0.3 is 0 Å². The number of carbonyl (C=O) groups excluding carboxylic acids is 1. The molecule has 0 spiro atoms. The highest BCUT2D eigenvalue weighted by atomic mass is 35.5. The van der Waals surface area contributed by atoms with Crippen molar-refractivity contribution in [2.45, 2.75) is 6.54 Å². The van der Waals surface area contributed by atoms with Crippen LogP contribution in [0.2, 0.25) is 10.0 Å². The second kappa shape index (κ2) is 6.15. The number of halogens is 3. The van der Waals surface area contributed by atoms with Crippen molar-refractivity contribution in [2.75, 3.05) is 11.1 Å². The van der Waals surface area contributed by atoms with Crippen LogP contribution in [0.25, 0.3) is 0 Å². The molecule has 0 saturated carbocycles. The van der Waals surface area contributed by atoms with Gasteiger partial charge in [0.15, 0.2) is 5.82 Å². The van der Waals surface area contributed by atoms with E-state index < -0.39 is 11.7 Å². The number of carbonyl (C=O) groups is 1. The zero-order chi connectivity index (χ0) is 15.6. The zero-order valence-corrected chi connectivity index (χ0v) is 12.1. The first kappa shape index (κ1) is 15.3. The second-order valence-corrected chi connectivity index (χ2v) is 5.05. The van der Waals surface area contributed by atoms with Crippen molar-refractivity contribution >= 4 is 40.5 Å². The highest BCUT2D eigenvalue weighted by Crippen LogP contribution is 2.27. The van der Waals surface area contributed by atoms with Gasteiger partial charge in [0, 0.05) is 23.6 Å². The summed E-state index contributed by atoms with van der Waals surface area (Å²) in [5.74, 6) is -1.26. The van der Waals surface area contributed by atoms with Gasteiger partial charge in [-0.3, -0.25) is 9.59 Å². The predicted octanol–water partition coefficient (Wildman–Crippen LogP) is 2.52. The Labute approximate surface area is 129 Å². The minimum Gasteiger partial charge on any atom is -0.398 e. The number of aromatic nitrogens is 1. The summed E-state index contributed by atoms with van der Waals surface area (Å²) in [6.07, 6.45) is 1.35. The van der Waals surface area contributed by atoms with Crippen LogP contribution in [-0.4, -0.2) is 10.5 Å². The largest absolute Gasteiger partial charge is 0.398 e. The quantitative estimate of drug-likeness (QED) is 0.849. The average molecular weight is 330 g/mol. The lowest BCUT2D eigenvalue weighted by molar-refractivity contribution is -0.116. The molecular weight excluding hydrogens is 320 g/mol. The molecule has 110 valence electrons. The van der Waals surface area contributed by atoms with E-state index >= 15 is 0 Å². The van der Waals surface area contributed by atoms with E-state index in [2.05, 4.69) is 5.32 Å². The van der Waals surface area contributed by atoms with Crippen LogP contribution in [-0.2, 0) is 11.3 Å². The molecule has 0 fully saturated rings. The van der Waals surface area contributed by atoms with Crippen molar-refractivity contribution in [1.29, 1.82) is 0 Å². The number of nitrogens with two attached hydrogens (primary N) is 1. The maximum atomic E-state index is 13.3. The van der Waals surface area contributed by atoms with Crippen LogP contribution >= 0.6 is 23.2 Å². The van der Waals surface area contributed by atoms with Gasteiger partial charge in [-0.25, -0.2) is 4.39 Å². The van der Waals surface area contributed by atoms with Gasteiger partial charge in [0.05, 0.1) is 10.0 Å². The van der Waals surface area contributed by atoms with E-state index in [1.807, 2.05) is 0 Å². The molecule has 1 aromatic heterocycles. The topological polar surface area (TPSA) is 77.1 Å². The van der Waals surface area contributed by atoms with E-state index in [1.54, 1.807) is 0 Å². The molecule has 0 aliphatic heterocycles. The van der Waals surface area contributed by atoms with Crippen molar-refractivity contribution in [3.05, 3.63) is 56.7 Å². The van der Waals surface area contributed by atoms with Crippen LogP contribution < -0.4 is 16.6 Å². The van der Waals surface area contributed by atoms with Gasteiger partial charge in [-0.05, 0) is 18.2 Å². The van der Waals surface area contributed by atoms with Gasteiger partial charge in [-0.2, -0.15) is 0 Å². The third-order valence-corrected chi connectivity index (χ3v) is 3.14. The third kappa shape index (κ3) is 3.74. The number of rotatable bonds is 3. The summed E-state index contributed by atoms with van der Waals surface area (Å²) >= 11 is 11.3. The van der Waals surface area contributed by atoms with Gasteiger partial charge in [-0.15, -0.1) is 0 Å². The van der Waals surface area contributed by atoms with Gasteiger partial charge in [0.1, 0.15) is 6.54 Å². The van der Waals surface area contributed by atoms with E-state index in [0.29, 0.717) is 5.69 Å². The smallest absolute Gasteiger partial charge is 0.251 e. The SMILES string of the molecule is Nc1ccc(=O)n(CC(=O)Nc2cc(Cl)c(F)c(Cl)c2)c1. The lowest BCUT2D eigenvalue weighted by atomic mass is 10.3. The first-order valence-electron chi connectivity index (χ1n) is 5.77. The molecule has 0 bridgehead atoms. The molecule has 1 amide bonds. The van der Waals surface area contributed by atoms with Crippen molar-refractivity contribution in [3.8, 4) is 0 Å². The Balaban J connectivity index is 2.15. The molecule has 8 heteroatoms. The molecule has 0 atom stereocenters. The number of benzene rings is 1. The fraction of sp³-hybridized carbons (Fsp3) is 0.0769. The molecule has 0 aliphatic rings. The molecular formula is C13H10Cl2FN3O2. The summed E-state index contributed by atoms with van der Waals surface area (Å²) in [6.45, 7) is -0.240. The molecule has 1 heterocycles. The Morgan fingerprint density at radius 1 is 1.29 bits per heavy atom. The maximum absolute atomic E-state index is 13.3. The van der Waals surface area contributed by atoms with Crippen LogP contribution in [0, 0.1) is 5.82 Å². The Morgan fingerprint density at radius 3 is 2.52 bits per heavy atom. The second-order valence-electron chi connectivity index (χ2n) is 4.23. The number of hydrogen-bond donors (Lipinski definition) is 2. The average Bonchev–Trinajstić information content (AvgIpc) is 2.40. The van der Waals surface area contributed by atoms with Crippen LogP contribution in [0.1, 0.15) is 0 Å². The molecule has 0 unspecified atom stereocenters. The van der Waals surface area contributed by atoms with Crippen molar-refractivity contribution in [3.63, 3.8) is 0 Å². The van der Waals surface area contributed by atoms with E-state index in [-0.39, 0.29) is 27.8 Å². The molecule has 21 heavy (non-hydrogen) atoms. The van der Waals surface area contributed by atoms with Crippen LogP contribution in [0.15, 0.2) is 35.3 Å². The highest BCUT2D eigenvalue weighted by Gasteiger charge is 2.10. The molecule has 3 N–H and O–H groups in total. The lowest BCUT2D eigenvalue weighted by Crippen LogP contribution is -2.27. The Morgan fingerprint density at radius 2 is 1.90 bits per heavy atom. The van der Waals surface area contributed by atoms with Crippen molar-refractivity contribution in [2.24, 2.45) is 0 Å². The Kier molecular flexibility index (Phi) is 4.50. The lowest BCUT2D eigenvalue weighted by Gasteiger charge is -2.09. The summed E-state index contributed by atoms with van der Waals surface area (Å²) < 4.78 is 14.4. The van der Waals surface area contributed by atoms with Gasteiger partial charge in [0.2, 0.25) is 5.91 Å². The highest BCUT2D eigenvalue weighted by molar-refractivity contribution is 6.35. The summed E-state index contributed by atoms with van der Waals surface area (Å²) in [5, 5.41) is 2.05. The molecule has 5 nitrogen and oxygen atoms in total. The summed E-state index contributed by atoms with van der Waals surface area (Å²) in [7, 11) is 0. The molecule has 2 rings (SSSR count). The summed E-state index contributed by atoms with van der Waals surface area (Å²) in [4.78, 5) is 23.4. The standard InChI is InChI=1S/C13H10Cl2FN3O2/c14-9-3-8(4-10(15)13(9)16)18-11(20)6-19-5-7(17)1-2-12(19)21/h1-5H,6,17H2,(H,18,20). The number of anilines is 2. The number of nitrogens with one attached hydrogen (secondary N) is 1. The zero-order valence-electron chi connectivity index (χ0n) is 10.6. The van der Waals surface area contributed by atoms with Gasteiger partial charge in [-0.1, -0.05) is 23.2 Å². The number of pyridine rings is 1. The molecule has 0 radical (unpaired) electrons. The fourth-order valence-electron chi connectivity index (χ4n) is 1.66. The van der Waals surface area contributed by atoms with E-state index in [4.69, 9.17) is 28.9 Å². The number of hydrogen-bond acceptors (Lipinski definition) is 3. The van der Waals surface area contributed by atoms with Crippen LogP contribution in [0.4, 0.5) is 15.8 Å². The molecule has 2 aromatic rings. The normalized spacial score (nSPS) is 10.4.